The maximum Gasteiger partial charge on any atom is 0.226 e. The molecule has 100 valence electrons. The molecule has 0 aliphatic heterocycles. The number of nitrogens with one attached hydrogen (secondary N) is 1. The zero-order valence-electron chi connectivity index (χ0n) is 11.8. The van der Waals surface area contributed by atoms with Crippen LogP contribution < -0.4 is 10.1 Å². The van der Waals surface area contributed by atoms with E-state index in [0.29, 0.717) is 11.8 Å². The lowest BCUT2D eigenvalue weighted by molar-refractivity contribution is 0.457. The molecular weight excluding hydrogens is 238 g/mol. The first-order valence-electron chi connectivity index (χ1n) is 6.42. The van der Waals surface area contributed by atoms with Crippen LogP contribution in [0.1, 0.15) is 23.6 Å². The highest BCUT2D eigenvalue weighted by Crippen LogP contribution is 2.25. The second-order valence-electron chi connectivity index (χ2n) is 4.64. The van der Waals surface area contributed by atoms with E-state index in [1.54, 1.807) is 6.20 Å². The number of rotatable bonds is 4. The highest BCUT2D eigenvalue weighted by atomic mass is 16.5. The van der Waals surface area contributed by atoms with Gasteiger partial charge >= 0.3 is 0 Å². The average molecular weight is 257 g/mol. The van der Waals surface area contributed by atoms with Crippen LogP contribution in [0.5, 0.6) is 11.6 Å². The standard InChI is InChI=1S/C15H19N3O/c1-5-16-15-17-9-12(4)14(18-15)19-13-7-10(2)6-11(3)8-13/h6-9H,5H2,1-4H3,(H,16,17,18). The molecule has 2 rings (SSSR count). The van der Waals surface area contributed by atoms with E-state index in [0.717, 1.165) is 17.9 Å². The van der Waals surface area contributed by atoms with Gasteiger partial charge < -0.3 is 10.1 Å². The molecule has 0 bridgehead atoms. The van der Waals surface area contributed by atoms with E-state index < -0.39 is 0 Å². The summed E-state index contributed by atoms with van der Waals surface area (Å²) in [7, 11) is 0. The van der Waals surface area contributed by atoms with Gasteiger partial charge in [0.15, 0.2) is 0 Å². The third kappa shape index (κ3) is 3.44. The molecule has 2 aromatic rings. The van der Waals surface area contributed by atoms with Crippen LogP contribution in [-0.4, -0.2) is 16.5 Å². The van der Waals surface area contributed by atoms with E-state index in [2.05, 4.69) is 35.2 Å². The molecule has 0 saturated heterocycles. The van der Waals surface area contributed by atoms with Gasteiger partial charge in [-0.25, -0.2) is 4.98 Å². The molecule has 1 aromatic heterocycles. The summed E-state index contributed by atoms with van der Waals surface area (Å²) in [6.07, 6.45) is 1.77. The van der Waals surface area contributed by atoms with E-state index in [4.69, 9.17) is 4.74 Å². The molecule has 0 atom stereocenters. The van der Waals surface area contributed by atoms with E-state index in [-0.39, 0.29) is 0 Å². The van der Waals surface area contributed by atoms with Gasteiger partial charge in [-0.15, -0.1) is 0 Å². The molecule has 0 aliphatic rings. The topological polar surface area (TPSA) is 47.0 Å². The first-order chi connectivity index (χ1) is 9.08. The highest BCUT2D eigenvalue weighted by molar-refractivity contribution is 5.39. The predicted octanol–water partition coefficient (Wildman–Crippen LogP) is 3.63. The van der Waals surface area contributed by atoms with Gasteiger partial charge in [0.2, 0.25) is 11.8 Å². The van der Waals surface area contributed by atoms with Crippen LogP contribution in [0.15, 0.2) is 24.4 Å². The first kappa shape index (κ1) is 13.3. The third-order valence-corrected chi connectivity index (χ3v) is 2.67. The fourth-order valence-corrected chi connectivity index (χ4v) is 1.88. The van der Waals surface area contributed by atoms with Crippen LogP contribution in [0, 0.1) is 20.8 Å². The molecule has 0 saturated carbocycles. The van der Waals surface area contributed by atoms with Crippen molar-refractivity contribution >= 4 is 5.95 Å². The summed E-state index contributed by atoms with van der Waals surface area (Å²) in [5.41, 5.74) is 3.27. The fourth-order valence-electron chi connectivity index (χ4n) is 1.88. The molecule has 0 aliphatic carbocycles. The largest absolute Gasteiger partial charge is 0.439 e. The van der Waals surface area contributed by atoms with Gasteiger partial charge in [0.05, 0.1) is 0 Å². The van der Waals surface area contributed by atoms with Gasteiger partial charge in [0.25, 0.3) is 0 Å². The van der Waals surface area contributed by atoms with Crippen LogP contribution in [0.3, 0.4) is 0 Å². The van der Waals surface area contributed by atoms with Crippen molar-refractivity contribution in [1.29, 1.82) is 0 Å². The summed E-state index contributed by atoms with van der Waals surface area (Å²) >= 11 is 0. The summed E-state index contributed by atoms with van der Waals surface area (Å²) in [5, 5.41) is 3.08. The molecule has 1 N–H and O–H groups in total. The molecule has 19 heavy (non-hydrogen) atoms. The Balaban J connectivity index is 2.28. The van der Waals surface area contributed by atoms with Crippen molar-refractivity contribution in [1.82, 2.24) is 9.97 Å². The van der Waals surface area contributed by atoms with Crippen LogP contribution in [0.2, 0.25) is 0 Å². The maximum absolute atomic E-state index is 5.87. The quantitative estimate of drug-likeness (QED) is 0.908. The monoisotopic (exact) mass is 257 g/mol. The van der Waals surface area contributed by atoms with Crippen LogP contribution in [0.4, 0.5) is 5.95 Å². The summed E-state index contributed by atoms with van der Waals surface area (Å²) in [6.45, 7) is 8.83. The van der Waals surface area contributed by atoms with Crippen LogP contribution in [-0.2, 0) is 0 Å². The molecule has 0 amide bonds. The van der Waals surface area contributed by atoms with Crippen molar-refractivity contribution in [2.24, 2.45) is 0 Å². The molecule has 0 fully saturated rings. The van der Waals surface area contributed by atoms with Crippen molar-refractivity contribution in [3.8, 4) is 11.6 Å². The Morgan fingerprint density at radius 1 is 1.11 bits per heavy atom. The first-order valence-corrected chi connectivity index (χ1v) is 6.42. The zero-order valence-corrected chi connectivity index (χ0v) is 11.8. The summed E-state index contributed by atoms with van der Waals surface area (Å²) in [4.78, 5) is 8.58. The molecular formula is C15H19N3O. The fraction of sp³-hybridized carbons (Fsp3) is 0.333. The highest BCUT2D eigenvalue weighted by Gasteiger charge is 2.06. The molecule has 4 nitrogen and oxygen atoms in total. The Bertz CT molecular complexity index is 561. The normalized spacial score (nSPS) is 10.3. The number of benzene rings is 1. The molecule has 1 heterocycles. The van der Waals surface area contributed by atoms with Gasteiger partial charge in [0.1, 0.15) is 5.75 Å². The summed E-state index contributed by atoms with van der Waals surface area (Å²) < 4.78 is 5.87. The van der Waals surface area contributed by atoms with Crippen molar-refractivity contribution in [2.45, 2.75) is 27.7 Å². The minimum atomic E-state index is 0.590. The second kappa shape index (κ2) is 5.69. The Morgan fingerprint density at radius 3 is 2.42 bits per heavy atom. The van der Waals surface area contributed by atoms with Gasteiger partial charge in [0, 0.05) is 18.3 Å². The molecule has 0 spiro atoms. The van der Waals surface area contributed by atoms with Gasteiger partial charge in [-0.05, 0) is 51.0 Å². The number of aromatic nitrogens is 2. The minimum Gasteiger partial charge on any atom is -0.439 e. The second-order valence-corrected chi connectivity index (χ2v) is 4.64. The Hall–Kier alpha value is -2.10. The SMILES string of the molecule is CCNc1ncc(C)c(Oc2cc(C)cc(C)c2)n1. The van der Waals surface area contributed by atoms with Gasteiger partial charge in [-0.1, -0.05) is 6.07 Å². The lowest BCUT2D eigenvalue weighted by atomic mass is 10.1. The van der Waals surface area contributed by atoms with Crippen molar-refractivity contribution in [3.63, 3.8) is 0 Å². The average Bonchev–Trinajstić information content (AvgIpc) is 2.32. The van der Waals surface area contributed by atoms with Gasteiger partial charge in [-0.3, -0.25) is 0 Å². The van der Waals surface area contributed by atoms with E-state index in [9.17, 15) is 0 Å². The summed E-state index contributed by atoms with van der Waals surface area (Å²) in [6, 6.07) is 6.12. The Labute approximate surface area is 113 Å². The lowest BCUT2D eigenvalue weighted by Gasteiger charge is -2.10. The molecule has 0 radical (unpaired) electrons. The number of aryl methyl sites for hydroxylation is 3. The zero-order chi connectivity index (χ0) is 13.8. The number of anilines is 1. The van der Waals surface area contributed by atoms with E-state index in [1.165, 1.54) is 11.1 Å². The van der Waals surface area contributed by atoms with Crippen molar-refractivity contribution in [2.75, 3.05) is 11.9 Å². The predicted molar refractivity (Wildman–Crippen MR) is 76.9 cm³/mol. The Kier molecular flexibility index (Phi) is 4.00. The number of hydrogen-bond donors (Lipinski definition) is 1. The van der Waals surface area contributed by atoms with Gasteiger partial charge in [-0.2, -0.15) is 4.98 Å². The number of nitrogens with zero attached hydrogens (tertiary/aromatic N) is 2. The molecule has 0 unspecified atom stereocenters. The van der Waals surface area contributed by atoms with E-state index >= 15 is 0 Å². The van der Waals surface area contributed by atoms with Crippen molar-refractivity contribution in [3.05, 3.63) is 41.1 Å². The lowest BCUT2D eigenvalue weighted by Crippen LogP contribution is -2.03. The summed E-state index contributed by atoms with van der Waals surface area (Å²) in [5.74, 6) is 1.99. The number of hydrogen-bond acceptors (Lipinski definition) is 4. The van der Waals surface area contributed by atoms with E-state index in [1.807, 2.05) is 26.0 Å². The minimum absolute atomic E-state index is 0.590. The number of ether oxygens (including phenoxy) is 1. The maximum atomic E-state index is 5.87. The van der Waals surface area contributed by atoms with Crippen LogP contribution >= 0.6 is 0 Å². The van der Waals surface area contributed by atoms with Crippen molar-refractivity contribution < 1.29 is 4.74 Å². The van der Waals surface area contributed by atoms with Crippen LogP contribution in [0.25, 0.3) is 0 Å². The molecule has 1 aromatic carbocycles. The Morgan fingerprint density at radius 2 is 1.79 bits per heavy atom. The third-order valence-electron chi connectivity index (χ3n) is 2.67. The smallest absolute Gasteiger partial charge is 0.226 e. The molecule has 4 heteroatoms.